The van der Waals surface area contributed by atoms with Crippen LogP contribution in [-0.4, -0.2) is 12.4 Å². The average molecular weight is 234 g/mol. The summed E-state index contributed by atoms with van der Waals surface area (Å²) >= 11 is 0. The van der Waals surface area contributed by atoms with Gasteiger partial charge >= 0.3 is 0 Å². The molecule has 0 saturated carbocycles. The maximum absolute atomic E-state index is 11.1. The molecule has 2 nitrogen and oxygen atoms in total. The van der Waals surface area contributed by atoms with Crippen molar-refractivity contribution in [1.82, 2.24) is 0 Å². The molecule has 94 valence electrons. The van der Waals surface area contributed by atoms with Gasteiger partial charge in [0.05, 0.1) is 6.61 Å². The highest BCUT2D eigenvalue weighted by Crippen LogP contribution is 2.24. The third kappa shape index (κ3) is 4.59. The van der Waals surface area contributed by atoms with E-state index in [4.69, 9.17) is 4.74 Å². The second-order valence-electron chi connectivity index (χ2n) is 4.76. The molecule has 1 aromatic rings. The van der Waals surface area contributed by atoms with Crippen LogP contribution < -0.4 is 4.74 Å². The van der Waals surface area contributed by atoms with Crippen LogP contribution >= 0.6 is 0 Å². The molecule has 0 heterocycles. The standard InChI is InChI=1S/C15H22O2/c1-5-17-15-7-6-11(2)9-14(15)10-12(3)8-13(4)16/h6-7,9,12H,5,8,10H2,1-4H3. The smallest absolute Gasteiger partial charge is 0.130 e. The van der Waals surface area contributed by atoms with Crippen LogP contribution in [0.25, 0.3) is 0 Å². The summed E-state index contributed by atoms with van der Waals surface area (Å²) in [6, 6.07) is 6.24. The largest absolute Gasteiger partial charge is 0.494 e. The number of rotatable bonds is 6. The van der Waals surface area contributed by atoms with Crippen LogP contribution in [0.15, 0.2) is 18.2 Å². The summed E-state index contributed by atoms with van der Waals surface area (Å²) in [4.78, 5) is 11.1. The first kappa shape index (κ1) is 13.8. The molecule has 0 bridgehead atoms. The molecular weight excluding hydrogens is 212 g/mol. The molecule has 0 aromatic heterocycles. The number of aryl methyl sites for hydroxylation is 1. The van der Waals surface area contributed by atoms with Crippen LogP contribution in [0.1, 0.15) is 38.3 Å². The van der Waals surface area contributed by atoms with E-state index in [1.54, 1.807) is 6.92 Å². The van der Waals surface area contributed by atoms with Crippen LogP contribution in [0.4, 0.5) is 0 Å². The van der Waals surface area contributed by atoms with Crippen LogP contribution in [0, 0.1) is 12.8 Å². The SMILES string of the molecule is CCOc1ccc(C)cc1CC(C)CC(C)=O. The minimum absolute atomic E-state index is 0.253. The molecule has 0 N–H and O–H groups in total. The highest BCUT2D eigenvalue weighted by molar-refractivity contribution is 5.75. The van der Waals surface area contributed by atoms with Crippen LogP contribution in [0.3, 0.4) is 0 Å². The van der Waals surface area contributed by atoms with Gasteiger partial charge in [-0.1, -0.05) is 24.6 Å². The van der Waals surface area contributed by atoms with Crippen LogP contribution in [0.5, 0.6) is 5.75 Å². The number of Topliss-reactive ketones (excluding diaryl/α,β-unsaturated/α-hetero) is 1. The quantitative estimate of drug-likeness (QED) is 0.752. The van der Waals surface area contributed by atoms with Crippen molar-refractivity contribution in [3.8, 4) is 5.75 Å². The first-order chi connectivity index (χ1) is 8.02. The van der Waals surface area contributed by atoms with Crippen molar-refractivity contribution < 1.29 is 9.53 Å². The highest BCUT2D eigenvalue weighted by Gasteiger charge is 2.10. The fourth-order valence-corrected chi connectivity index (χ4v) is 2.10. The summed E-state index contributed by atoms with van der Waals surface area (Å²) in [6.07, 6.45) is 1.54. The molecule has 1 aromatic carbocycles. The molecule has 0 aliphatic rings. The zero-order valence-corrected chi connectivity index (χ0v) is 11.2. The van der Waals surface area contributed by atoms with Crippen molar-refractivity contribution in [2.75, 3.05) is 6.61 Å². The summed E-state index contributed by atoms with van der Waals surface area (Å²) < 4.78 is 5.61. The molecule has 1 unspecified atom stereocenters. The lowest BCUT2D eigenvalue weighted by atomic mass is 9.95. The molecule has 0 spiro atoms. The van der Waals surface area contributed by atoms with E-state index in [9.17, 15) is 4.79 Å². The van der Waals surface area contributed by atoms with E-state index < -0.39 is 0 Å². The van der Waals surface area contributed by atoms with Gasteiger partial charge in [-0.15, -0.1) is 0 Å². The van der Waals surface area contributed by atoms with Crippen LogP contribution in [0.2, 0.25) is 0 Å². The van der Waals surface area contributed by atoms with Gasteiger partial charge in [-0.25, -0.2) is 0 Å². The summed E-state index contributed by atoms with van der Waals surface area (Å²) in [5.41, 5.74) is 2.44. The average Bonchev–Trinajstić information content (AvgIpc) is 2.21. The second-order valence-corrected chi connectivity index (χ2v) is 4.76. The predicted octanol–water partition coefficient (Wildman–Crippen LogP) is 3.55. The number of carbonyl (C=O) groups excluding carboxylic acids is 1. The first-order valence-corrected chi connectivity index (χ1v) is 6.24. The Hall–Kier alpha value is -1.31. The Morgan fingerprint density at radius 3 is 2.71 bits per heavy atom. The number of hydrogen-bond acceptors (Lipinski definition) is 2. The minimum atomic E-state index is 0.253. The Morgan fingerprint density at radius 2 is 2.12 bits per heavy atom. The van der Waals surface area contributed by atoms with Crippen molar-refractivity contribution in [3.63, 3.8) is 0 Å². The van der Waals surface area contributed by atoms with Gasteiger partial charge in [0.25, 0.3) is 0 Å². The molecule has 1 rings (SSSR count). The van der Waals surface area contributed by atoms with Crippen molar-refractivity contribution in [2.24, 2.45) is 5.92 Å². The monoisotopic (exact) mass is 234 g/mol. The Morgan fingerprint density at radius 1 is 1.41 bits per heavy atom. The third-order valence-corrected chi connectivity index (χ3v) is 2.72. The van der Waals surface area contributed by atoms with E-state index in [-0.39, 0.29) is 5.78 Å². The van der Waals surface area contributed by atoms with Crippen molar-refractivity contribution in [1.29, 1.82) is 0 Å². The lowest BCUT2D eigenvalue weighted by molar-refractivity contribution is -0.117. The zero-order chi connectivity index (χ0) is 12.8. The number of hydrogen-bond donors (Lipinski definition) is 0. The second kappa shape index (κ2) is 6.43. The van der Waals surface area contributed by atoms with Gasteiger partial charge < -0.3 is 9.53 Å². The molecule has 17 heavy (non-hydrogen) atoms. The minimum Gasteiger partial charge on any atom is -0.494 e. The van der Waals surface area contributed by atoms with Gasteiger partial charge in [-0.05, 0) is 44.7 Å². The van der Waals surface area contributed by atoms with Gasteiger partial charge in [-0.3, -0.25) is 0 Å². The van der Waals surface area contributed by atoms with Crippen molar-refractivity contribution in [2.45, 2.75) is 40.5 Å². The number of ketones is 1. The van der Waals surface area contributed by atoms with E-state index in [1.165, 1.54) is 11.1 Å². The van der Waals surface area contributed by atoms with Gasteiger partial charge in [0.2, 0.25) is 0 Å². The Bertz CT molecular complexity index is 383. The molecule has 2 heteroatoms. The summed E-state index contributed by atoms with van der Waals surface area (Å²) in [6.45, 7) is 8.50. The predicted molar refractivity (Wildman–Crippen MR) is 70.5 cm³/mol. The first-order valence-electron chi connectivity index (χ1n) is 6.24. The molecule has 0 radical (unpaired) electrons. The topological polar surface area (TPSA) is 26.3 Å². The van der Waals surface area contributed by atoms with Gasteiger partial charge in [0.1, 0.15) is 11.5 Å². The summed E-state index contributed by atoms with van der Waals surface area (Å²) in [5.74, 6) is 1.57. The van der Waals surface area contributed by atoms with Gasteiger partial charge in [-0.2, -0.15) is 0 Å². The maximum atomic E-state index is 11.1. The van der Waals surface area contributed by atoms with Crippen molar-refractivity contribution in [3.05, 3.63) is 29.3 Å². The Kier molecular flexibility index (Phi) is 5.20. The van der Waals surface area contributed by atoms with Crippen LogP contribution in [-0.2, 0) is 11.2 Å². The van der Waals surface area contributed by atoms with Crippen molar-refractivity contribution >= 4 is 5.78 Å². The summed E-state index contributed by atoms with van der Waals surface area (Å²) in [7, 11) is 0. The fraction of sp³-hybridized carbons (Fsp3) is 0.533. The molecule has 1 atom stereocenters. The van der Waals surface area contributed by atoms with Gasteiger partial charge in [0.15, 0.2) is 0 Å². The van der Waals surface area contributed by atoms with E-state index in [1.807, 2.05) is 13.0 Å². The number of carbonyl (C=O) groups is 1. The highest BCUT2D eigenvalue weighted by atomic mass is 16.5. The number of ether oxygens (including phenoxy) is 1. The van der Waals surface area contributed by atoms with Gasteiger partial charge in [0, 0.05) is 6.42 Å². The van der Waals surface area contributed by atoms with E-state index in [0.717, 1.165) is 12.2 Å². The summed E-state index contributed by atoms with van der Waals surface area (Å²) in [5, 5.41) is 0. The Balaban J connectivity index is 2.80. The fourth-order valence-electron chi connectivity index (χ4n) is 2.10. The Labute approximate surface area is 104 Å². The van der Waals surface area contributed by atoms with E-state index in [0.29, 0.717) is 18.9 Å². The maximum Gasteiger partial charge on any atom is 0.130 e. The normalized spacial score (nSPS) is 12.2. The van der Waals surface area contributed by atoms with E-state index >= 15 is 0 Å². The molecular formula is C15H22O2. The molecule has 0 amide bonds. The lowest BCUT2D eigenvalue weighted by Crippen LogP contribution is -2.07. The third-order valence-electron chi connectivity index (χ3n) is 2.72. The lowest BCUT2D eigenvalue weighted by Gasteiger charge is -2.14. The number of benzene rings is 1. The zero-order valence-electron chi connectivity index (χ0n) is 11.2. The molecule has 0 aliphatic carbocycles. The molecule has 0 fully saturated rings. The van der Waals surface area contributed by atoms with E-state index in [2.05, 4.69) is 26.0 Å². The molecule has 0 saturated heterocycles. The molecule has 0 aliphatic heterocycles.